The van der Waals surface area contributed by atoms with Crippen LogP contribution >= 0.6 is 0 Å². The maximum Gasteiger partial charge on any atom is 0.193 e. The van der Waals surface area contributed by atoms with Gasteiger partial charge in [-0.1, -0.05) is 0 Å². The molecule has 0 atom stereocenters. The highest BCUT2D eigenvalue weighted by Gasteiger charge is 2.07. The van der Waals surface area contributed by atoms with Crippen LogP contribution in [-0.2, 0) is 20.1 Å². The van der Waals surface area contributed by atoms with E-state index in [9.17, 15) is 0 Å². The van der Waals surface area contributed by atoms with Crippen LogP contribution in [0.3, 0.4) is 0 Å². The fourth-order valence-electron chi connectivity index (χ4n) is 2.53. The van der Waals surface area contributed by atoms with E-state index in [0.717, 1.165) is 44.3 Å². The summed E-state index contributed by atoms with van der Waals surface area (Å²) >= 11 is 0. The third kappa shape index (κ3) is 5.12. The van der Waals surface area contributed by atoms with E-state index in [0.29, 0.717) is 0 Å². The van der Waals surface area contributed by atoms with Crippen molar-refractivity contribution in [3.8, 4) is 0 Å². The van der Waals surface area contributed by atoms with E-state index in [-0.39, 0.29) is 0 Å². The number of rotatable bonds is 7. The van der Waals surface area contributed by atoms with Crippen LogP contribution < -0.4 is 5.32 Å². The van der Waals surface area contributed by atoms with Gasteiger partial charge in [-0.15, -0.1) is 0 Å². The van der Waals surface area contributed by atoms with Gasteiger partial charge >= 0.3 is 0 Å². The number of nitrogens with zero attached hydrogens (tertiary/aromatic N) is 6. The summed E-state index contributed by atoms with van der Waals surface area (Å²) in [5.74, 6) is 1.98. The fraction of sp³-hybridized carbons (Fsp3) is 0.562. The Balaban J connectivity index is 1.69. The van der Waals surface area contributed by atoms with Crippen LogP contribution in [0.25, 0.3) is 0 Å². The molecule has 0 spiro atoms. The molecule has 0 fully saturated rings. The average molecular weight is 317 g/mol. The van der Waals surface area contributed by atoms with Gasteiger partial charge in [0.15, 0.2) is 5.96 Å². The van der Waals surface area contributed by atoms with Crippen molar-refractivity contribution in [2.24, 2.45) is 12.0 Å². The summed E-state index contributed by atoms with van der Waals surface area (Å²) < 4.78 is 4.00. The maximum atomic E-state index is 4.34. The zero-order chi connectivity index (χ0) is 16.7. The highest BCUT2D eigenvalue weighted by Crippen LogP contribution is 2.02. The molecule has 0 aliphatic rings. The Kier molecular flexibility index (Phi) is 6.19. The molecule has 2 aromatic rings. The Morgan fingerprint density at radius 2 is 2.22 bits per heavy atom. The molecule has 0 aliphatic carbocycles. The maximum absolute atomic E-state index is 4.34. The summed E-state index contributed by atoms with van der Waals surface area (Å²) in [5.41, 5.74) is 1.17. The molecule has 0 radical (unpaired) electrons. The van der Waals surface area contributed by atoms with Crippen LogP contribution in [-0.4, -0.2) is 50.8 Å². The van der Waals surface area contributed by atoms with Gasteiger partial charge in [-0.3, -0.25) is 9.67 Å². The Morgan fingerprint density at radius 1 is 1.39 bits per heavy atom. The smallest absolute Gasteiger partial charge is 0.193 e. The van der Waals surface area contributed by atoms with Gasteiger partial charge in [-0.05, 0) is 19.8 Å². The fourth-order valence-corrected chi connectivity index (χ4v) is 2.53. The minimum absolute atomic E-state index is 0.793. The first kappa shape index (κ1) is 17.1. The van der Waals surface area contributed by atoms with Gasteiger partial charge in [0.05, 0.1) is 6.20 Å². The van der Waals surface area contributed by atoms with Crippen LogP contribution in [0.5, 0.6) is 0 Å². The number of aliphatic imine (C=N–C) groups is 1. The van der Waals surface area contributed by atoms with Gasteiger partial charge in [0.25, 0.3) is 0 Å². The molecule has 2 rings (SSSR count). The largest absolute Gasteiger partial charge is 0.356 e. The van der Waals surface area contributed by atoms with Gasteiger partial charge in [0.1, 0.15) is 5.82 Å². The lowest BCUT2D eigenvalue weighted by molar-refractivity contribution is 0.473. The zero-order valence-electron chi connectivity index (χ0n) is 14.5. The first-order valence-corrected chi connectivity index (χ1v) is 7.97. The molecule has 0 aromatic carbocycles. The average Bonchev–Trinajstić information content (AvgIpc) is 3.11. The Labute approximate surface area is 138 Å². The van der Waals surface area contributed by atoms with Crippen LogP contribution in [0.15, 0.2) is 29.8 Å². The molecule has 0 bridgehead atoms. The molecule has 7 heteroatoms. The van der Waals surface area contributed by atoms with E-state index in [1.165, 1.54) is 5.56 Å². The van der Waals surface area contributed by atoms with Gasteiger partial charge in [0.2, 0.25) is 0 Å². The number of hydrogen-bond acceptors (Lipinski definition) is 3. The van der Waals surface area contributed by atoms with E-state index in [2.05, 4.69) is 29.9 Å². The number of aromatic nitrogens is 4. The third-order valence-electron chi connectivity index (χ3n) is 3.78. The molecule has 2 aromatic heterocycles. The minimum Gasteiger partial charge on any atom is -0.356 e. The third-order valence-corrected chi connectivity index (χ3v) is 3.78. The topological polar surface area (TPSA) is 63.3 Å². The van der Waals surface area contributed by atoms with Crippen molar-refractivity contribution in [2.75, 3.05) is 20.6 Å². The molecular formula is C16H27N7. The second-order valence-electron chi connectivity index (χ2n) is 5.73. The second kappa shape index (κ2) is 8.36. The second-order valence-corrected chi connectivity index (χ2v) is 5.73. The van der Waals surface area contributed by atoms with Crippen molar-refractivity contribution in [1.82, 2.24) is 29.5 Å². The summed E-state index contributed by atoms with van der Waals surface area (Å²) in [6.07, 6.45) is 10.0. The van der Waals surface area contributed by atoms with Gasteiger partial charge in [0, 0.05) is 64.9 Å². The van der Waals surface area contributed by atoms with E-state index in [4.69, 9.17) is 0 Å². The number of guanidine groups is 1. The van der Waals surface area contributed by atoms with Gasteiger partial charge < -0.3 is 14.8 Å². The van der Waals surface area contributed by atoms with Crippen LogP contribution in [0.1, 0.15) is 24.2 Å². The Bertz CT molecular complexity index is 626. The summed E-state index contributed by atoms with van der Waals surface area (Å²) in [5, 5.41) is 7.61. The summed E-state index contributed by atoms with van der Waals surface area (Å²) in [4.78, 5) is 10.7. The molecular weight excluding hydrogens is 290 g/mol. The molecule has 7 nitrogen and oxygen atoms in total. The predicted octanol–water partition coefficient (Wildman–Crippen LogP) is 1.41. The SMILES string of the molecule is CN=C(NCCCCn1ccnc1C)N(C)Cc1cnn(C)c1. The highest BCUT2D eigenvalue weighted by atomic mass is 15.3. The number of unbranched alkanes of at least 4 members (excludes halogenated alkanes) is 1. The van der Waals surface area contributed by atoms with Gasteiger partial charge in [-0.25, -0.2) is 4.98 Å². The molecule has 126 valence electrons. The normalized spacial score (nSPS) is 11.7. The first-order chi connectivity index (χ1) is 11.1. The standard InChI is InChI=1S/C16H27N7/c1-14-18-8-10-23(14)9-6-5-7-19-16(17-2)21(3)12-15-11-20-22(4)13-15/h8,10-11,13H,5-7,9,12H2,1-4H3,(H,17,19). The molecule has 23 heavy (non-hydrogen) atoms. The van der Waals surface area contributed by atoms with E-state index in [1.54, 1.807) is 0 Å². The Hall–Kier alpha value is -2.31. The highest BCUT2D eigenvalue weighted by molar-refractivity contribution is 5.79. The van der Waals surface area contributed by atoms with E-state index in [1.807, 2.05) is 57.5 Å². The monoisotopic (exact) mass is 317 g/mol. The lowest BCUT2D eigenvalue weighted by atomic mass is 10.3. The van der Waals surface area contributed by atoms with Crippen LogP contribution in [0, 0.1) is 6.92 Å². The van der Waals surface area contributed by atoms with Crippen molar-refractivity contribution in [2.45, 2.75) is 32.9 Å². The molecule has 0 saturated carbocycles. The van der Waals surface area contributed by atoms with Crippen molar-refractivity contribution in [1.29, 1.82) is 0 Å². The van der Waals surface area contributed by atoms with Crippen LogP contribution in [0.2, 0.25) is 0 Å². The van der Waals surface area contributed by atoms with Crippen molar-refractivity contribution in [3.05, 3.63) is 36.2 Å². The van der Waals surface area contributed by atoms with Crippen LogP contribution in [0.4, 0.5) is 0 Å². The molecule has 0 aliphatic heterocycles. The van der Waals surface area contributed by atoms with E-state index >= 15 is 0 Å². The number of nitrogens with one attached hydrogen (secondary N) is 1. The lowest BCUT2D eigenvalue weighted by Crippen LogP contribution is -2.38. The number of imidazole rings is 1. The molecule has 0 amide bonds. The summed E-state index contributed by atoms with van der Waals surface area (Å²) in [6.45, 7) is 4.75. The molecule has 2 heterocycles. The van der Waals surface area contributed by atoms with Gasteiger partial charge in [-0.2, -0.15) is 5.10 Å². The minimum atomic E-state index is 0.793. The summed E-state index contributed by atoms with van der Waals surface area (Å²) in [6, 6.07) is 0. The first-order valence-electron chi connectivity index (χ1n) is 7.97. The number of hydrogen-bond donors (Lipinski definition) is 1. The molecule has 1 N–H and O–H groups in total. The summed E-state index contributed by atoms with van der Waals surface area (Å²) in [7, 11) is 5.78. The number of aryl methyl sites for hydroxylation is 3. The quantitative estimate of drug-likeness (QED) is 0.476. The van der Waals surface area contributed by atoms with Crippen molar-refractivity contribution < 1.29 is 0 Å². The molecule has 0 saturated heterocycles. The van der Waals surface area contributed by atoms with Crippen molar-refractivity contribution >= 4 is 5.96 Å². The lowest BCUT2D eigenvalue weighted by Gasteiger charge is -2.21. The predicted molar refractivity (Wildman–Crippen MR) is 92.2 cm³/mol. The van der Waals surface area contributed by atoms with Crippen molar-refractivity contribution in [3.63, 3.8) is 0 Å². The molecule has 0 unspecified atom stereocenters. The zero-order valence-corrected chi connectivity index (χ0v) is 14.5. The van der Waals surface area contributed by atoms with E-state index < -0.39 is 0 Å². The Morgan fingerprint density at radius 3 is 2.83 bits per heavy atom.